The SMILES string of the molecule is ClCCCSC(SCCCCl)c1ccccc1. The first kappa shape index (κ1) is 15.6. The van der Waals surface area contributed by atoms with Crippen LogP contribution < -0.4 is 0 Å². The number of benzene rings is 1. The number of halogens is 2. The molecule has 0 heterocycles. The smallest absolute Gasteiger partial charge is 0.0751 e. The molecule has 0 amide bonds. The predicted molar refractivity (Wildman–Crippen MR) is 84.8 cm³/mol. The van der Waals surface area contributed by atoms with Gasteiger partial charge in [0.05, 0.1) is 4.58 Å². The molecule has 0 aromatic heterocycles. The molecule has 0 aliphatic heterocycles. The zero-order valence-electron chi connectivity index (χ0n) is 9.78. The van der Waals surface area contributed by atoms with Crippen molar-refractivity contribution in [2.45, 2.75) is 17.4 Å². The van der Waals surface area contributed by atoms with E-state index in [2.05, 4.69) is 30.3 Å². The zero-order chi connectivity index (χ0) is 12.3. The molecule has 1 aromatic rings. The number of hydrogen-bond donors (Lipinski definition) is 0. The van der Waals surface area contributed by atoms with Crippen molar-refractivity contribution in [3.8, 4) is 0 Å². The van der Waals surface area contributed by atoms with Crippen LogP contribution in [-0.2, 0) is 0 Å². The third kappa shape index (κ3) is 6.85. The van der Waals surface area contributed by atoms with Gasteiger partial charge in [0.25, 0.3) is 0 Å². The number of rotatable bonds is 9. The Bertz CT molecular complexity index is 270. The van der Waals surface area contributed by atoms with Gasteiger partial charge in [-0.3, -0.25) is 0 Å². The van der Waals surface area contributed by atoms with Crippen molar-refractivity contribution in [3.05, 3.63) is 35.9 Å². The van der Waals surface area contributed by atoms with Crippen LogP contribution in [0.4, 0.5) is 0 Å². The lowest BCUT2D eigenvalue weighted by Crippen LogP contribution is -1.94. The van der Waals surface area contributed by atoms with Gasteiger partial charge in [0.2, 0.25) is 0 Å². The van der Waals surface area contributed by atoms with Gasteiger partial charge in [0, 0.05) is 11.8 Å². The molecule has 1 rings (SSSR count). The fraction of sp³-hybridized carbons (Fsp3) is 0.538. The lowest BCUT2D eigenvalue weighted by molar-refractivity contribution is 1.10. The average Bonchev–Trinajstić information content (AvgIpc) is 2.38. The second kappa shape index (κ2) is 10.4. The highest BCUT2D eigenvalue weighted by molar-refractivity contribution is 8.16. The van der Waals surface area contributed by atoms with Gasteiger partial charge in [0.15, 0.2) is 0 Å². The van der Waals surface area contributed by atoms with E-state index in [1.165, 1.54) is 5.56 Å². The van der Waals surface area contributed by atoms with Crippen LogP contribution >= 0.6 is 46.7 Å². The summed E-state index contributed by atoms with van der Waals surface area (Å²) in [7, 11) is 0. The summed E-state index contributed by atoms with van der Waals surface area (Å²) in [5.41, 5.74) is 1.40. The lowest BCUT2D eigenvalue weighted by atomic mass is 10.2. The molecule has 0 nitrogen and oxygen atoms in total. The van der Waals surface area contributed by atoms with Gasteiger partial charge in [0.1, 0.15) is 0 Å². The van der Waals surface area contributed by atoms with Crippen LogP contribution in [0.15, 0.2) is 30.3 Å². The maximum Gasteiger partial charge on any atom is 0.0751 e. The Hall–Kier alpha value is 0.500. The van der Waals surface area contributed by atoms with Crippen LogP contribution in [-0.4, -0.2) is 23.3 Å². The maximum absolute atomic E-state index is 5.72. The highest BCUT2D eigenvalue weighted by Crippen LogP contribution is 2.39. The Morgan fingerprint density at radius 2 is 1.41 bits per heavy atom. The summed E-state index contributed by atoms with van der Waals surface area (Å²) in [6.07, 6.45) is 2.15. The number of thioether (sulfide) groups is 2. The van der Waals surface area contributed by atoms with Crippen LogP contribution in [0, 0.1) is 0 Å². The first-order valence-electron chi connectivity index (χ1n) is 5.78. The third-order valence-corrected chi connectivity index (χ3v) is 5.72. The van der Waals surface area contributed by atoms with Crippen molar-refractivity contribution < 1.29 is 0 Å². The second-order valence-corrected chi connectivity index (χ2v) is 7.05. The Morgan fingerprint density at radius 3 is 1.88 bits per heavy atom. The van der Waals surface area contributed by atoms with Crippen molar-refractivity contribution in [2.24, 2.45) is 0 Å². The Kier molecular flexibility index (Phi) is 9.54. The van der Waals surface area contributed by atoms with E-state index in [4.69, 9.17) is 23.2 Å². The molecule has 17 heavy (non-hydrogen) atoms. The van der Waals surface area contributed by atoms with E-state index in [0.717, 1.165) is 36.1 Å². The van der Waals surface area contributed by atoms with Gasteiger partial charge in [-0.1, -0.05) is 30.3 Å². The molecule has 0 saturated heterocycles. The van der Waals surface area contributed by atoms with Crippen molar-refractivity contribution >= 4 is 46.7 Å². The van der Waals surface area contributed by atoms with Gasteiger partial charge in [-0.15, -0.1) is 46.7 Å². The van der Waals surface area contributed by atoms with Gasteiger partial charge >= 0.3 is 0 Å². The topological polar surface area (TPSA) is 0 Å². The van der Waals surface area contributed by atoms with E-state index < -0.39 is 0 Å². The Labute approximate surface area is 123 Å². The van der Waals surface area contributed by atoms with Gasteiger partial charge in [-0.2, -0.15) is 0 Å². The van der Waals surface area contributed by atoms with E-state index in [1.54, 1.807) is 0 Å². The van der Waals surface area contributed by atoms with Gasteiger partial charge in [-0.25, -0.2) is 0 Å². The molecule has 0 aliphatic carbocycles. The van der Waals surface area contributed by atoms with E-state index in [9.17, 15) is 0 Å². The van der Waals surface area contributed by atoms with Crippen molar-refractivity contribution in [3.63, 3.8) is 0 Å². The van der Waals surface area contributed by atoms with Crippen LogP contribution in [0.2, 0.25) is 0 Å². The van der Waals surface area contributed by atoms with Gasteiger partial charge < -0.3 is 0 Å². The van der Waals surface area contributed by atoms with E-state index in [1.807, 2.05) is 23.5 Å². The summed E-state index contributed by atoms with van der Waals surface area (Å²) < 4.78 is 0.516. The minimum atomic E-state index is 0.516. The van der Waals surface area contributed by atoms with Crippen molar-refractivity contribution in [1.29, 1.82) is 0 Å². The van der Waals surface area contributed by atoms with E-state index in [0.29, 0.717) is 4.58 Å². The summed E-state index contributed by atoms with van der Waals surface area (Å²) in [6.45, 7) is 0. The standard InChI is InChI=1S/C13H18Cl2S2/c14-8-4-10-16-13(17-11-5-9-15)12-6-2-1-3-7-12/h1-3,6-7,13H,4-5,8-11H2. The minimum absolute atomic E-state index is 0.516. The molecule has 0 unspecified atom stereocenters. The molecule has 0 fully saturated rings. The fourth-order valence-electron chi connectivity index (χ4n) is 1.34. The summed E-state index contributed by atoms with van der Waals surface area (Å²) in [6, 6.07) is 10.7. The largest absolute Gasteiger partial charge is 0.143 e. The predicted octanol–water partition coefficient (Wildman–Crippen LogP) is 5.41. The highest BCUT2D eigenvalue weighted by Gasteiger charge is 2.11. The molecule has 0 aliphatic rings. The van der Waals surface area contributed by atoms with Crippen molar-refractivity contribution in [1.82, 2.24) is 0 Å². The zero-order valence-corrected chi connectivity index (χ0v) is 12.9. The molecule has 0 bridgehead atoms. The minimum Gasteiger partial charge on any atom is -0.143 e. The fourth-order valence-corrected chi connectivity index (χ4v) is 4.64. The first-order chi connectivity index (χ1) is 8.38. The molecule has 0 radical (unpaired) electrons. The first-order valence-corrected chi connectivity index (χ1v) is 8.95. The maximum atomic E-state index is 5.72. The summed E-state index contributed by atoms with van der Waals surface area (Å²) in [4.78, 5) is 0. The van der Waals surface area contributed by atoms with Crippen LogP contribution in [0.5, 0.6) is 0 Å². The molecule has 96 valence electrons. The van der Waals surface area contributed by atoms with Crippen LogP contribution in [0.25, 0.3) is 0 Å². The second-order valence-electron chi connectivity index (χ2n) is 3.57. The molecular formula is C13H18Cl2S2. The lowest BCUT2D eigenvalue weighted by Gasteiger charge is -2.16. The van der Waals surface area contributed by atoms with Gasteiger partial charge in [-0.05, 0) is 29.9 Å². The number of hydrogen-bond acceptors (Lipinski definition) is 2. The Balaban J connectivity index is 2.46. The molecule has 1 aromatic carbocycles. The van der Waals surface area contributed by atoms with E-state index in [-0.39, 0.29) is 0 Å². The quantitative estimate of drug-likeness (QED) is 0.340. The molecule has 4 heteroatoms. The summed E-state index contributed by atoms with van der Waals surface area (Å²) in [5.74, 6) is 3.75. The van der Waals surface area contributed by atoms with Crippen LogP contribution in [0.1, 0.15) is 23.0 Å². The highest BCUT2D eigenvalue weighted by atomic mass is 35.5. The average molecular weight is 309 g/mol. The molecule has 0 saturated carbocycles. The third-order valence-electron chi connectivity index (χ3n) is 2.17. The molecule has 0 spiro atoms. The molecular weight excluding hydrogens is 291 g/mol. The summed E-state index contributed by atoms with van der Waals surface area (Å²) in [5, 5.41) is 0. The Morgan fingerprint density at radius 1 is 0.882 bits per heavy atom. The molecule has 0 N–H and O–H groups in total. The van der Waals surface area contributed by atoms with Crippen molar-refractivity contribution in [2.75, 3.05) is 23.3 Å². The van der Waals surface area contributed by atoms with E-state index >= 15 is 0 Å². The summed E-state index contributed by atoms with van der Waals surface area (Å²) >= 11 is 15.4. The van der Waals surface area contributed by atoms with Crippen LogP contribution in [0.3, 0.4) is 0 Å². The number of alkyl halides is 2. The normalized spacial score (nSPS) is 11.0. The molecule has 0 atom stereocenters. The monoisotopic (exact) mass is 308 g/mol.